The summed E-state index contributed by atoms with van der Waals surface area (Å²) < 4.78 is 11.0. The number of ether oxygens (including phenoxy) is 2. The minimum absolute atomic E-state index is 0.0346. The number of esters is 2. The molecule has 0 spiro atoms. The van der Waals surface area contributed by atoms with E-state index in [2.05, 4.69) is 67.1 Å². The Morgan fingerprint density at radius 1 is 0.786 bits per heavy atom. The smallest absolute Gasteiger partial charge is 0.330 e. The van der Waals surface area contributed by atoms with Gasteiger partial charge in [0.15, 0.2) is 0 Å². The molecule has 3 N–H and O–H groups in total. The van der Waals surface area contributed by atoms with E-state index >= 15 is 0 Å². The van der Waals surface area contributed by atoms with Crippen molar-refractivity contribution in [2.24, 2.45) is 0 Å². The van der Waals surface area contributed by atoms with Crippen LogP contribution in [-0.4, -0.2) is 61.8 Å². The molecule has 2 aromatic rings. The van der Waals surface area contributed by atoms with Gasteiger partial charge in [-0.05, 0) is 133 Å². The summed E-state index contributed by atoms with van der Waals surface area (Å²) in [5.74, 6) is -1.03. The van der Waals surface area contributed by atoms with Crippen molar-refractivity contribution >= 4 is 68.9 Å². The molecule has 0 heterocycles. The minimum Gasteiger partial charge on any atom is -0.463 e. The van der Waals surface area contributed by atoms with Crippen LogP contribution in [0.1, 0.15) is 56.8 Å². The Morgan fingerprint density at radius 2 is 1.21 bits per heavy atom. The summed E-state index contributed by atoms with van der Waals surface area (Å²) in [4.78, 5) is 44.8. The number of aliphatic hydroxyl groups is 1. The molecule has 9 nitrogen and oxygen atoms in total. The Hall–Kier alpha value is -2.78. The number of benzene rings is 2. The van der Waals surface area contributed by atoms with Crippen molar-refractivity contribution in [3.63, 3.8) is 0 Å². The topological polar surface area (TPSA) is 131 Å². The first-order chi connectivity index (χ1) is 19.8. The number of rotatable bonds is 10. The molecular weight excluding hydrogens is 766 g/mol. The fourth-order valence-electron chi connectivity index (χ4n) is 2.97. The van der Waals surface area contributed by atoms with Gasteiger partial charge in [0.1, 0.15) is 0 Å². The lowest BCUT2D eigenvalue weighted by Crippen LogP contribution is -2.27. The molecule has 42 heavy (non-hydrogen) atoms. The largest absolute Gasteiger partial charge is 0.463 e. The molecule has 0 aliphatic carbocycles. The first-order valence-corrected chi connectivity index (χ1v) is 15.3. The molecular formula is C31H40I2N2O7. The molecule has 0 fully saturated rings. The predicted molar refractivity (Wildman–Crippen MR) is 182 cm³/mol. The van der Waals surface area contributed by atoms with Gasteiger partial charge < -0.3 is 25.2 Å². The van der Waals surface area contributed by atoms with Crippen LogP contribution in [0.5, 0.6) is 0 Å². The number of hydrogen-bond acceptors (Lipinski definition) is 7. The minimum atomic E-state index is -0.400. The van der Waals surface area contributed by atoms with Gasteiger partial charge in [-0.3, -0.25) is 9.59 Å². The second-order valence-corrected chi connectivity index (χ2v) is 11.0. The molecule has 0 aliphatic heterocycles. The summed E-state index contributed by atoms with van der Waals surface area (Å²) in [5.41, 5.74) is 5.85. The van der Waals surface area contributed by atoms with E-state index in [0.717, 1.165) is 29.9 Å². The average Bonchev–Trinajstić information content (AvgIpc) is 2.94. The number of amides is 2. The lowest BCUT2D eigenvalue weighted by molar-refractivity contribution is -0.138. The quantitative estimate of drug-likeness (QED) is 0.173. The van der Waals surface area contributed by atoms with Crippen LogP contribution in [-0.2, 0) is 19.1 Å². The van der Waals surface area contributed by atoms with Gasteiger partial charge in [-0.15, -0.1) is 0 Å². The van der Waals surface area contributed by atoms with Crippen LogP contribution in [0, 0.1) is 34.8 Å². The third-order valence-electron chi connectivity index (χ3n) is 5.43. The van der Waals surface area contributed by atoms with Crippen LogP contribution in [0.4, 0.5) is 0 Å². The van der Waals surface area contributed by atoms with Crippen molar-refractivity contribution in [3.05, 3.63) is 89.6 Å². The molecule has 0 unspecified atom stereocenters. The van der Waals surface area contributed by atoms with Gasteiger partial charge in [-0.1, -0.05) is 12.7 Å². The predicted octanol–water partition coefficient (Wildman–Crippen LogP) is 5.12. The summed E-state index contributed by atoms with van der Waals surface area (Å²) in [6, 6.07) is 7.73. The van der Waals surface area contributed by atoms with Crippen molar-refractivity contribution in [2.45, 2.75) is 41.5 Å². The highest BCUT2D eigenvalue weighted by atomic mass is 127. The summed E-state index contributed by atoms with van der Waals surface area (Å²) in [6.07, 6.45) is 4.03. The average molecular weight is 806 g/mol. The van der Waals surface area contributed by atoms with Gasteiger partial charge in [0.25, 0.3) is 11.8 Å². The fourth-order valence-corrected chi connectivity index (χ4v) is 4.70. The van der Waals surface area contributed by atoms with Crippen LogP contribution >= 0.6 is 45.2 Å². The zero-order chi connectivity index (χ0) is 32.2. The lowest BCUT2D eigenvalue weighted by atomic mass is 10.1. The van der Waals surface area contributed by atoms with Gasteiger partial charge in [-0.25, -0.2) is 9.59 Å². The van der Waals surface area contributed by atoms with Crippen LogP contribution in [0.15, 0.2) is 49.1 Å². The van der Waals surface area contributed by atoms with E-state index in [1.165, 1.54) is 11.6 Å². The van der Waals surface area contributed by atoms with Gasteiger partial charge >= 0.3 is 11.9 Å². The van der Waals surface area contributed by atoms with Crippen LogP contribution in [0.3, 0.4) is 0 Å². The molecule has 0 atom stereocenters. The molecule has 0 saturated carbocycles. The van der Waals surface area contributed by atoms with Gasteiger partial charge in [0, 0.05) is 32.4 Å². The number of hydrogen-bond donors (Lipinski definition) is 3. The fraction of sp³-hybridized carbons (Fsp3) is 0.355. The Balaban J connectivity index is 0.000000671. The molecule has 11 heteroatoms. The third-order valence-corrected chi connectivity index (χ3v) is 7.21. The first-order valence-electron chi connectivity index (χ1n) is 13.2. The summed E-state index contributed by atoms with van der Waals surface area (Å²) >= 11 is 4.29. The number of carbonyl (C=O) groups excluding carboxylic acids is 4. The van der Waals surface area contributed by atoms with E-state index in [0.29, 0.717) is 37.4 Å². The summed E-state index contributed by atoms with van der Waals surface area (Å²) in [7, 11) is 0. The number of carbonyl (C=O) groups is 4. The van der Waals surface area contributed by atoms with Crippen molar-refractivity contribution < 1.29 is 33.8 Å². The summed E-state index contributed by atoms with van der Waals surface area (Å²) in [5, 5.41) is 14.0. The maximum absolute atomic E-state index is 12.0. The van der Waals surface area contributed by atoms with Crippen molar-refractivity contribution in [1.82, 2.24) is 10.6 Å². The molecule has 2 aromatic carbocycles. The normalized spacial score (nSPS) is 9.93. The van der Waals surface area contributed by atoms with Gasteiger partial charge in [0.2, 0.25) is 0 Å². The van der Waals surface area contributed by atoms with E-state index in [-0.39, 0.29) is 24.4 Å². The third kappa shape index (κ3) is 15.4. The van der Waals surface area contributed by atoms with Crippen molar-refractivity contribution in [2.75, 3.05) is 32.9 Å². The highest BCUT2D eigenvalue weighted by Gasteiger charge is 2.11. The Kier molecular flexibility index (Phi) is 20.4. The van der Waals surface area contributed by atoms with E-state index in [1.807, 2.05) is 52.0 Å². The molecule has 230 valence electrons. The second kappa shape index (κ2) is 21.9. The Morgan fingerprint density at radius 3 is 1.62 bits per heavy atom. The maximum Gasteiger partial charge on any atom is 0.330 e. The molecule has 2 rings (SSSR count). The van der Waals surface area contributed by atoms with Gasteiger partial charge in [-0.2, -0.15) is 0 Å². The highest BCUT2D eigenvalue weighted by molar-refractivity contribution is 14.1. The monoisotopic (exact) mass is 806 g/mol. The second-order valence-electron chi connectivity index (χ2n) is 8.63. The van der Waals surface area contributed by atoms with E-state index in [9.17, 15) is 19.2 Å². The number of halogens is 2. The van der Waals surface area contributed by atoms with E-state index < -0.39 is 5.97 Å². The van der Waals surface area contributed by atoms with E-state index in [1.54, 1.807) is 19.9 Å². The van der Waals surface area contributed by atoms with Crippen LogP contribution in [0.25, 0.3) is 0 Å². The molecule has 0 aliphatic rings. The zero-order valence-electron chi connectivity index (χ0n) is 24.9. The Bertz CT molecular complexity index is 1260. The standard InChI is InChI=1S/C15H18INO3.C11H14INO2.C5H8O2/c1-4-20-14(18)6-5-7-17-15(19)12-8-10(2)11(3)9-13(12)16;1-7-5-9(10(12)6-8(7)2)11(15)13-3-4-14;1-3-5(6)7-4-2/h5-6,8-9H,4,7H2,1-3H3,(H,17,19);5-6,14H,3-4H2,1-2H3,(H,13,15);3H,1,4H2,2H3/b6-5-;;. The van der Waals surface area contributed by atoms with Gasteiger partial charge in [0.05, 0.1) is 30.9 Å². The molecule has 0 saturated heterocycles. The number of aryl methyl sites for hydroxylation is 4. The first kappa shape index (κ1) is 39.2. The van der Waals surface area contributed by atoms with Crippen molar-refractivity contribution in [1.29, 1.82) is 0 Å². The zero-order valence-corrected chi connectivity index (χ0v) is 29.3. The highest BCUT2D eigenvalue weighted by Crippen LogP contribution is 2.19. The number of nitrogens with one attached hydrogen (secondary N) is 2. The van der Waals surface area contributed by atoms with Crippen molar-refractivity contribution in [3.8, 4) is 0 Å². The lowest BCUT2D eigenvalue weighted by Gasteiger charge is -2.08. The van der Waals surface area contributed by atoms with Crippen LogP contribution < -0.4 is 10.6 Å². The summed E-state index contributed by atoms with van der Waals surface area (Å²) in [6.45, 7) is 16.0. The SMILES string of the molecule is C=CC(=O)OCC.CCOC(=O)/C=C\CNC(=O)c1cc(C)c(C)cc1I.Cc1cc(I)c(C(=O)NCCO)cc1C. The molecule has 2 amide bonds. The Labute approximate surface area is 275 Å². The molecule has 0 aromatic heterocycles. The molecule has 0 radical (unpaired) electrons. The maximum atomic E-state index is 12.0. The molecule has 0 bridgehead atoms. The number of aliphatic hydroxyl groups excluding tert-OH is 1. The van der Waals surface area contributed by atoms with E-state index in [4.69, 9.17) is 9.84 Å². The van der Waals surface area contributed by atoms with Crippen LogP contribution in [0.2, 0.25) is 0 Å².